The van der Waals surface area contributed by atoms with E-state index in [1.165, 1.54) is 0 Å². The molecule has 0 aliphatic rings. The van der Waals surface area contributed by atoms with Gasteiger partial charge in [0.15, 0.2) is 0 Å². The van der Waals surface area contributed by atoms with Gasteiger partial charge in [0.25, 0.3) is 0 Å². The molecule has 1 aromatic heterocycles. The minimum Gasteiger partial charge on any atom is -0.505 e. The minimum absolute atomic E-state index is 0.0526. The van der Waals surface area contributed by atoms with E-state index in [4.69, 9.17) is 5.73 Å². The lowest BCUT2D eigenvalue weighted by atomic mass is 9.97. The van der Waals surface area contributed by atoms with Gasteiger partial charge in [-0.15, -0.1) is 0 Å². The topological polar surface area (TPSA) is 76.2 Å². The van der Waals surface area contributed by atoms with Crippen molar-refractivity contribution >= 4 is 16.8 Å². The number of rotatable bonds is 2. The fourth-order valence-electron chi connectivity index (χ4n) is 2.28. The van der Waals surface area contributed by atoms with E-state index in [0.29, 0.717) is 22.2 Å². The van der Waals surface area contributed by atoms with Gasteiger partial charge in [-0.05, 0) is 23.8 Å². The molecule has 4 heteroatoms. The van der Waals surface area contributed by atoms with Crippen molar-refractivity contribution in [3.05, 3.63) is 60.3 Å². The van der Waals surface area contributed by atoms with Crippen LogP contribution < -0.4 is 5.73 Å². The molecule has 0 spiro atoms. The molecule has 3 aromatic rings. The van der Waals surface area contributed by atoms with Gasteiger partial charge in [0.2, 0.25) is 5.91 Å². The Hall–Kier alpha value is -2.88. The Morgan fingerprint density at radius 1 is 1.00 bits per heavy atom. The number of carbonyl (C=O) groups is 1. The third-order valence-corrected chi connectivity index (χ3v) is 3.23. The summed E-state index contributed by atoms with van der Waals surface area (Å²) < 4.78 is 0. The van der Waals surface area contributed by atoms with Crippen LogP contribution >= 0.6 is 0 Å². The monoisotopic (exact) mass is 264 g/mol. The van der Waals surface area contributed by atoms with Gasteiger partial charge in [-0.3, -0.25) is 9.78 Å². The van der Waals surface area contributed by atoms with Gasteiger partial charge in [0, 0.05) is 22.7 Å². The second-order valence-corrected chi connectivity index (χ2v) is 4.45. The molecule has 0 radical (unpaired) electrons. The standard InChI is InChI=1S/C16H12N2O2/c17-16(20)13-6-2-1-5-11(13)12-8-7-10-4-3-9-18-14(10)15(12)19/h1-9,19H,(H2,17,20). The summed E-state index contributed by atoms with van der Waals surface area (Å²) in [6, 6.07) is 14.2. The van der Waals surface area contributed by atoms with Crippen molar-refractivity contribution in [2.75, 3.05) is 0 Å². The lowest BCUT2D eigenvalue weighted by molar-refractivity contribution is 0.100. The molecule has 0 fully saturated rings. The van der Waals surface area contributed by atoms with E-state index < -0.39 is 5.91 Å². The van der Waals surface area contributed by atoms with Crippen molar-refractivity contribution in [1.29, 1.82) is 0 Å². The second-order valence-electron chi connectivity index (χ2n) is 4.45. The summed E-state index contributed by atoms with van der Waals surface area (Å²) in [6.45, 7) is 0. The quantitative estimate of drug-likeness (QED) is 0.747. The maximum absolute atomic E-state index is 11.5. The number of carbonyl (C=O) groups excluding carboxylic acids is 1. The van der Waals surface area contributed by atoms with E-state index in [-0.39, 0.29) is 5.75 Å². The molecule has 0 bridgehead atoms. The van der Waals surface area contributed by atoms with Crippen molar-refractivity contribution in [3.63, 3.8) is 0 Å². The summed E-state index contributed by atoms with van der Waals surface area (Å²) in [5, 5.41) is 11.2. The maximum Gasteiger partial charge on any atom is 0.249 e. The molecule has 0 aliphatic carbocycles. The highest BCUT2D eigenvalue weighted by atomic mass is 16.3. The van der Waals surface area contributed by atoms with Crippen LogP contribution in [0.15, 0.2) is 54.7 Å². The van der Waals surface area contributed by atoms with Gasteiger partial charge in [-0.25, -0.2) is 0 Å². The Morgan fingerprint density at radius 3 is 2.60 bits per heavy atom. The van der Waals surface area contributed by atoms with Crippen LogP contribution in [0.4, 0.5) is 0 Å². The molecule has 2 aromatic carbocycles. The maximum atomic E-state index is 11.5. The Bertz CT molecular complexity index is 812. The predicted octanol–water partition coefficient (Wildman–Crippen LogP) is 2.71. The first-order valence-electron chi connectivity index (χ1n) is 6.14. The number of nitrogens with zero attached hydrogens (tertiary/aromatic N) is 1. The van der Waals surface area contributed by atoms with E-state index in [2.05, 4.69) is 4.98 Å². The van der Waals surface area contributed by atoms with Gasteiger partial charge in [0.1, 0.15) is 11.3 Å². The van der Waals surface area contributed by atoms with Crippen LogP contribution in [-0.2, 0) is 0 Å². The fourth-order valence-corrected chi connectivity index (χ4v) is 2.28. The largest absolute Gasteiger partial charge is 0.505 e. The summed E-state index contributed by atoms with van der Waals surface area (Å²) in [4.78, 5) is 15.7. The number of primary amides is 1. The van der Waals surface area contributed by atoms with Crippen LogP contribution in [0.5, 0.6) is 5.75 Å². The molecule has 0 unspecified atom stereocenters. The average Bonchev–Trinajstić information content (AvgIpc) is 2.48. The van der Waals surface area contributed by atoms with E-state index >= 15 is 0 Å². The van der Waals surface area contributed by atoms with Crippen LogP contribution in [0.3, 0.4) is 0 Å². The van der Waals surface area contributed by atoms with E-state index in [9.17, 15) is 9.90 Å². The molecule has 0 aliphatic heterocycles. The number of pyridine rings is 1. The van der Waals surface area contributed by atoms with Gasteiger partial charge in [0.05, 0.1) is 0 Å². The van der Waals surface area contributed by atoms with Crippen LogP contribution in [0.25, 0.3) is 22.0 Å². The van der Waals surface area contributed by atoms with Gasteiger partial charge < -0.3 is 10.8 Å². The number of aromatic nitrogens is 1. The molecule has 0 saturated heterocycles. The summed E-state index contributed by atoms with van der Waals surface area (Å²) in [6.07, 6.45) is 1.62. The number of amides is 1. The number of phenolic OH excluding ortho intramolecular Hbond substituents is 1. The Labute approximate surface area is 115 Å². The highest BCUT2D eigenvalue weighted by molar-refractivity contribution is 6.02. The number of hydrogen-bond donors (Lipinski definition) is 2. The summed E-state index contributed by atoms with van der Waals surface area (Å²) >= 11 is 0. The number of benzene rings is 2. The molecule has 4 nitrogen and oxygen atoms in total. The number of nitrogens with two attached hydrogens (primary N) is 1. The fraction of sp³-hybridized carbons (Fsp3) is 0. The Balaban J connectivity index is 2.31. The summed E-state index contributed by atoms with van der Waals surface area (Å²) in [7, 11) is 0. The summed E-state index contributed by atoms with van der Waals surface area (Å²) in [5.41, 5.74) is 7.40. The zero-order valence-electron chi connectivity index (χ0n) is 10.6. The molecule has 3 rings (SSSR count). The average molecular weight is 264 g/mol. The molecular formula is C16H12N2O2. The van der Waals surface area contributed by atoms with Gasteiger partial charge in [-0.2, -0.15) is 0 Å². The molecule has 3 N–H and O–H groups in total. The molecular weight excluding hydrogens is 252 g/mol. The predicted molar refractivity (Wildman–Crippen MR) is 77.4 cm³/mol. The highest BCUT2D eigenvalue weighted by Crippen LogP contribution is 2.36. The lowest BCUT2D eigenvalue weighted by Gasteiger charge is -2.10. The number of phenols is 1. The molecule has 1 amide bonds. The normalized spacial score (nSPS) is 10.6. The number of fused-ring (bicyclic) bond motifs is 1. The van der Waals surface area contributed by atoms with Crippen molar-refractivity contribution < 1.29 is 9.90 Å². The first-order chi connectivity index (χ1) is 9.68. The molecule has 1 heterocycles. The SMILES string of the molecule is NC(=O)c1ccccc1-c1ccc2cccnc2c1O. The third-order valence-electron chi connectivity index (χ3n) is 3.23. The van der Waals surface area contributed by atoms with E-state index in [1.807, 2.05) is 12.1 Å². The summed E-state index contributed by atoms with van der Waals surface area (Å²) in [5.74, 6) is -0.474. The lowest BCUT2D eigenvalue weighted by Crippen LogP contribution is -2.12. The molecule has 0 saturated carbocycles. The number of aromatic hydroxyl groups is 1. The molecule has 20 heavy (non-hydrogen) atoms. The van der Waals surface area contributed by atoms with Crippen molar-refractivity contribution in [3.8, 4) is 16.9 Å². The Kier molecular flexibility index (Phi) is 2.84. The van der Waals surface area contributed by atoms with Crippen molar-refractivity contribution in [2.24, 2.45) is 5.73 Å². The van der Waals surface area contributed by atoms with Gasteiger partial charge in [-0.1, -0.05) is 30.3 Å². The van der Waals surface area contributed by atoms with E-state index in [0.717, 1.165) is 5.39 Å². The Morgan fingerprint density at radius 2 is 1.80 bits per heavy atom. The smallest absolute Gasteiger partial charge is 0.249 e. The van der Waals surface area contributed by atoms with E-state index in [1.54, 1.807) is 42.6 Å². The van der Waals surface area contributed by atoms with Crippen molar-refractivity contribution in [2.45, 2.75) is 0 Å². The highest BCUT2D eigenvalue weighted by Gasteiger charge is 2.14. The number of hydrogen-bond acceptors (Lipinski definition) is 3. The molecule has 98 valence electrons. The van der Waals surface area contributed by atoms with Gasteiger partial charge >= 0.3 is 0 Å². The van der Waals surface area contributed by atoms with Crippen molar-refractivity contribution in [1.82, 2.24) is 4.98 Å². The van der Waals surface area contributed by atoms with Crippen LogP contribution in [-0.4, -0.2) is 16.0 Å². The first-order valence-corrected chi connectivity index (χ1v) is 6.14. The zero-order valence-corrected chi connectivity index (χ0v) is 10.6. The molecule has 0 atom stereocenters. The second kappa shape index (κ2) is 4.66. The van der Waals surface area contributed by atoms with Crippen LogP contribution in [0.1, 0.15) is 10.4 Å². The minimum atomic E-state index is -0.527. The first kappa shape index (κ1) is 12.2. The van der Waals surface area contributed by atoms with Crippen LogP contribution in [0.2, 0.25) is 0 Å². The third kappa shape index (κ3) is 1.87. The van der Waals surface area contributed by atoms with Crippen LogP contribution in [0, 0.1) is 0 Å². The zero-order chi connectivity index (χ0) is 14.1.